The van der Waals surface area contributed by atoms with Gasteiger partial charge in [-0.2, -0.15) is 28.1 Å². The monoisotopic (exact) mass is 293 g/mol. The second kappa shape index (κ2) is 7.08. The molecule has 0 unspecified atom stereocenters. The predicted molar refractivity (Wildman–Crippen MR) is 70.4 cm³/mol. The summed E-state index contributed by atoms with van der Waals surface area (Å²) in [5.74, 6) is 5.74. The highest BCUT2D eigenvalue weighted by atomic mass is 19.4. The number of rotatable bonds is 7. The molecule has 10 heteroatoms. The third-order valence-electron chi connectivity index (χ3n) is 2.49. The van der Waals surface area contributed by atoms with E-state index in [4.69, 9.17) is 5.84 Å². The summed E-state index contributed by atoms with van der Waals surface area (Å²) in [6.07, 6.45) is -5.19. The average Bonchev–Trinajstić information content (AvgIpc) is 2.38. The van der Waals surface area contributed by atoms with Crippen molar-refractivity contribution in [2.45, 2.75) is 26.4 Å². The Balaban J connectivity index is 2.82. The lowest BCUT2D eigenvalue weighted by Gasteiger charge is -2.19. The van der Waals surface area contributed by atoms with Gasteiger partial charge in [-0.05, 0) is 13.8 Å². The fourth-order valence-corrected chi connectivity index (χ4v) is 1.47. The lowest BCUT2D eigenvalue weighted by molar-refractivity contribution is -0.131. The van der Waals surface area contributed by atoms with Gasteiger partial charge in [-0.25, -0.2) is 5.84 Å². The number of hydrogen-bond donors (Lipinski definition) is 3. The first kappa shape index (κ1) is 16.2. The highest BCUT2D eigenvalue weighted by Crippen LogP contribution is 2.19. The van der Waals surface area contributed by atoms with Gasteiger partial charge in [-0.3, -0.25) is 5.43 Å². The van der Waals surface area contributed by atoms with Gasteiger partial charge in [0.05, 0.1) is 6.42 Å². The van der Waals surface area contributed by atoms with Gasteiger partial charge in [0.15, 0.2) is 0 Å². The molecule has 114 valence electrons. The number of halogens is 3. The van der Waals surface area contributed by atoms with E-state index < -0.39 is 12.6 Å². The van der Waals surface area contributed by atoms with Crippen LogP contribution >= 0.6 is 0 Å². The molecule has 20 heavy (non-hydrogen) atoms. The molecule has 0 bridgehead atoms. The van der Waals surface area contributed by atoms with E-state index in [1.54, 1.807) is 0 Å². The van der Waals surface area contributed by atoms with Crippen LogP contribution in [0.1, 0.15) is 20.3 Å². The van der Waals surface area contributed by atoms with Gasteiger partial charge in [-0.15, -0.1) is 0 Å². The van der Waals surface area contributed by atoms with Crippen molar-refractivity contribution in [3.63, 3.8) is 0 Å². The van der Waals surface area contributed by atoms with Gasteiger partial charge in [0.25, 0.3) is 0 Å². The fourth-order valence-electron chi connectivity index (χ4n) is 1.47. The number of hydrogen-bond acceptors (Lipinski definition) is 7. The first-order valence-electron chi connectivity index (χ1n) is 6.17. The molecular formula is C10H18F3N7. The number of nitrogens with zero attached hydrogens (tertiary/aromatic N) is 4. The Labute approximate surface area is 114 Å². The van der Waals surface area contributed by atoms with Gasteiger partial charge < -0.3 is 10.2 Å². The van der Waals surface area contributed by atoms with Crippen molar-refractivity contribution in [2.24, 2.45) is 5.84 Å². The zero-order chi connectivity index (χ0) is 15.2. The summed E-state index contributed by atoms with van der Waals surface area (Å²) in [5, 5.41) is 2.51. The first-order chi connectivity index (χ1) is 9.39. The maximum atomic E-state index is 12.1. The van der Waals surface area contributed by atoms with Crippen molar-refractivity contribution in [3.05, 3.63) is 0 Å². The van der Waals surface area contributed by atoms with Gasteiger partial charge in [0.2, 0.25) is 17.8 Å². The average molecular weight is 293 g/mol. The van der Waals surface area contributed by atoms with Crippen molar-refractivity contribution in [3.8, 4) is 0 Å². The molecule has 1 aromatic rings. The molecule has 0 atom stereocenters. The molecule has 4 N–H and O–H groups in total. The number of hydrazine groups is 1. The van der Waals surface area contributed by atoms with Crippen LogP contribution in [0.25, 0.3) is 0 Å². The van der Waals surface area contributed by atoms with E-state index in [1.165, 1.54) is 0 Å². The summed E-state index contributed by atoms with van der Waals surface area (Å²) >= 11 is 0. The summed E-state index contributed by atoms with van der Waals surface area (Å²) in [7, 11) is 0. The minimum Gasteiger partial charge on any atom is -0.354 e. The van der Waals surface area contributed by atoms with Crippen LogP contribution in [0.5, 0.6) is 0 Å². The van der Waals surface area contributed by atoms with Crippen molar-refractivity contribution < 1.29 is 13.2 Å². The second-order valence-corrected chi connectivity index (χ2v) is 3.89. The quantitative estimate of drug-likeness (QED) is 0.516. The molecule has 0 aromatic carbocycles. The molecule has 1 rings (SSSR count). The van der Waals surface area contributed by atoms with Crippen LogP contribution in [-0.2, 0) is 0 Å². The van der Waals surface area contributed by atoms with E-state index in [2.05, 4.69) is 25.7 Å². The SMILES string of the molecule is CCN(CC)c1nc(NN)nc(NCCC(F)(F)F)n1. The number of nitrogen functional groups attached to an aromatic ring is 1. The third kappa shape index (κ3) is 5.03. The van der Waals surface area contributed by atoms with Crippen LogP contribution in [0.2, 0.25) is 0 Å². The number of alkyl halides is 3. The maximum absolute atomic E-state index is 12.1. The fraction of sp³-hybridized carbons (Fsp3) is 0.700. The maximum Gasteiger partial charge on any atom is 0.390 e. The second-order valence-electron chi connectivity index (χ2n) is 3.89. The predicted octanol–water partition coefficient (Wildman–Crippen LogP) is 1.37. The molecule has 0 aliphatic heterocycles. The van der Waals surface area contributed by atoms with Crippen LogP contribution in [0.4, 0.5) is 31.0 Å². The molecule has 0 aliphatic carbocycles. The molecule has 0 saturated heterocycles. The lowest BCUT2D eigenvalue weighted by Crippen LogP contribution is -2.26. The van der Waals surface area contributed by atoms with Gasteiger partial charge in [-0.1, -0.05) is 0 Å². The largest absolute Gasteiger partial charge is 0.390 e. The number of aromatic nitrogens is 3. The zero-order valence-electron chi connectivity index (χ0n) is 11.3. The first-order valence-corrected chi connectivity index (χ1v) is 6.17. The molecule has 1 aromatic heterocycles. The van der Waals surface area contributed by atoms with Crippen LogP contribution < -0.4 is 21.5 Å². The molecule has 7 nitrogen and oxygen atoms in total. The van der Waals surface area contributed by atoms with Crippen molar-refractivity contribution in [1.82, 2.24) is 15.0 Å². The van der Waals surface area contributed by atoms with E-state index in [9.17, 15) is 13.2 Å². The number of nitrogens with two attached hydrogens (primary N) is 1. The molecule has 0 spiro atoms. The van der Waals surface area contributed by atoms with Gasteiger partial charge >= 0.3 is 6.18 Å². The normalized spacial score (nSPS) is 11.3. The van der Waals surface area contributed by atoms with Crippen LogP contribution in [0, 0.1) is 0 Å². The summed E-state index contributed by atoms with van der Waals surface area (Å²) < 4.78 is 36.3. The minimum atomic E-state index is -4.23. The Morgan fingerprint density at radius 1 is 1.10 bits per heavy atom. The molecule has 0 radical (unpaired) electrons. The molecule has 0 amide bonds. The number of anilines is 3. The summed E-state index contributed by atoms with van der Waals surface area (Å²) in [4.78, 5) is 13.8. The standard InChI is InChI=1S/C10H18F3N7/c1-3-20(4-2)9-17-7(16-8(18-9)19-14)15-6-5-10(11,12)13/h3-6,14H2,1-2H3,(H2,15,16,17,18,19). The summed E-state index contributed by atoms with van der Waals surface area (Å²) in [6, 6.07) is 0. The van der Waals surface area contributed by atoms with E-state index >= 15 is 0 Å². The molecule has 0 aliphatic rings. The van der Waals surface area contributed by atoms with Crippen molar-refractivity contribution in [2.75, 3.05) is 35.3 Å². The Bertz CT molecular complexity index is 420. The van der Waals surface area contributed by atoms with E-state index in [-0.39, 0.29) is 18.4 Å². The highest BCUT2D eigenvalue weighted by Gasteiger charge is 2.26. The summed E-state index contributed by atoms with van der Waals surface area (Å²) in [6.45, 7) is 4.84. The molecular weight excluding hydrogens is 275 g/mol. The highest BCUT2D eigenvalue weighted by molar-refractivity contribution is 5.43. The smallest absolute Gasteiger partial charge is 0.354 e. The topological polar surface area (TPSA) is 92.0 Å². The third-order valence-corrected chi connectivity index (χ3v) is 2.49. The van der Waals surface area contributed by atoms with E-state index in [1.807, 2.05) is 18.7 Å². The lowest BCUT2D eigenvalue weighted by atomic mass is 10.4. The summed E-state index contributed by atoms with van der Waals surface area (Å²) in [5.41, 5.74) is 2.27. The Kier molecular flexibility index (Phi) is 5.74. The van der Waals surface area contributed by atoms with E-state index in [0.29, 0.717) is 19.0 Å². The molecule has 0 saturated carbocycles. The Hall–Kier alpha value is -1.84. The Morgan fingerprint density at radius 3 is 2.20 bits per heavy atom. The molecule has 1 heterocycles. The van der Waals surface area contributed by atoms with Crippen molar-refractivity contribution in [1.29, 1.82) is 0 Å². The van der Waals surface area contributed by atoms with Crippen LogP contribution in [-0.4, -0.2) is 40.8 Å². The van der Waals surface area contributed by atoms with Crippen molar-refractivity contribution >= 4 is 17.8 Å². The van der Waals surface area contributed by atoms with Crippen LogP contribution in [0.3, 0.4) is 0 Å². The number of nitrogens with one attached hydrogen (secondary N) is 2. The minimum absolute atomic E-state index is 0.0547. The molecule has 0 fully saturated rings. The zero-order valence-corrected chi connectivity index (χ0v) is 11.3. The Morgan fingerprint density at radius 2 is 1.70 bits per heavy atom. The van der Waals surface area contributed by atoms with E-state index in [0.717, 1.165) is 0 Å². The van der Waals surface area contributed by atoms with Gasteiger partial charge in [0.1, 0.15) is 0 Å². The van der Waals surface area contributed by atoms with Crippen LogP contribution in [0.15, 0.2) is 0 Å². The van der Waals surface area contributed by atoms with Gasteiger partial charge in [0, 0.05) is 19.6 Å².